The third-order valence-electron chi connectivity index (χ3n) is 5.63. The summed E-state index contributed by atoms with van der Waals surface area (Å²) in [5, 5.41) is 26.7. The molecule has 0 radical (unpaired) electrons. The molecule has 3 aliphatic rings. The molecule has 9 nitrogen and oxygen atoms in total. The predicted octanol–water partition coefficient (Wildman–Crippen LogP) is -0.284. The number of halogens is 1. The van der Waals surface area contributed by atoms with Crippen molar-refractivity contribution in [3.63, 3.8) is 0 Å². The molecule has 29 heavy (non-hydrogen) atoms. The molecule has 1 aromatic carbocycles. The second-order valence-electron chi connectivity index (χ2n) is 7.34. The highest BCUT2D eigenvalue weighted by Gasteiger charge is 2.50. The Morgan fingerprint density at radius 2 is 2.14 bits per heavy atom. The first kappa shape index (κ1) is 20.2. The van der Waals surface area contributed by atoms with Gasteiger partial charge in [-0.05, 0) is 46.7 Å². The lowest BCUT2D eigenvalue weighted by Crippen LogP contribution is -2.51. The fourth-order valence-corrected chi connectivity index (χ4v) is 4.70. The fourth-order valence-electron chi connectivity index (χ4n) is 4.09. The SMILES string of the molecule is CNC(=O)[C@H]1C[C@@H](N2C=NC3C(NCc4cccc(I)c4)=NC=NC32)[C@H](O)[C@@H]1O. The van der Waals surface area contributed by atoms with Crippen molar-refractivity contribution in [1.82, 2.24) is 15.5 Å². The van der Waals surface area contributed by atoms with E-state index in [4.69, 9.17) is 0 Å². The highest BCUT2D eigenvalue weighted by molar-refractivity contribution is 14.1. The van der Waals surface area contributed by atoms with E-state index in [1.165, 1.54) is 13.4 Å². The van der Waals surface area contributed by atoms with Crippen LogP contribution in [0.2, 0.25) is 0 Å². The average molecular weight is 510 g/mol. The van der Waals surface area contributed by atoms with Crippen molar-refractivity contribution in [2.75, 3.05) is 7.05 Å². The molecule has 0 bridgehead atoms. The van der Waals surface area contributed by atoms with Crippen LogP contribution in [0.5, 0.6) is 0 Å². The van der Waals surface area contributed by atoms with Crippen LogP contribution in [-0.2, 0) is 11.3 Å². The Bertz CT molecular complexity index is 875. The molecule has 154 valence electrons. The summed E-state index contributed by atoms with van der Waals surface area (Å²) in [7, 11) is 1.52. The summed E-state index contributed by atoms with van der Waals surface area (Å²) in [4.78, 5) is 27.2. The third-order valence-corrected chi connectivity index (χ3v) is 6.30. The standard InChI is InChI=1S/C19H23IN6O3/c1-21-19(29)12-6-13(16(28)15(12)27)26-9-25-14-17(23-8-24-18(14)26)22-7-10-3-2-4-11(20)5-10/h2-5,8-9,12-16,18,27-28H,6-7H2,1H3,(H,21,29)(H,22,23,24)/t12-,13+,14?,15+,16-,18?/m0/s1. The topological polar surface area (TPSA) is 122 Å². The lowest BCUT2D eigenvalue weighted by Gasteiger charge is -2.33. The van der Waals surface area contributed by atoms with E-state index in [-0.39, 0.29) is 18.1 Å². The van der Waals surface area contributed by atoms with E-state index in [2.05, 4.69) is 54.3 Å². The number of aliphatic imine (C=N–C) groups is 3. The number of amidine groups is 1. The van der Waals surface area contributed by atoms with Crippen LogP contribution in [0.4, 0.5) is 0 Å². The number of nitrogens with one attached hydrogen (secondary N) is 2. The van der Waals surface area contributed by atoms with E-state index in [1.807, 2.05) is 23.1 Å². The van der Waals surface area contributed by atoms with Crippen LogP contribution in [-0.4, -0.2) is 77.0 Å². The van der Waals surface area contributed by atoms with Crippen molar-refractivity contribution in [2.24, 2.45) is 20.9 Å². The maximum Gasteiger partial charge on any atom is 0.225 e. The largest absolute Gasteiger partial charge is 0.390 e. The molecule has 1 saturated carbocycles. The van der Waals surface area contributed by atoms with Crippen LogP contribution in [0.3, 0.4) is 0 Å². The summed E-state index contributed by atoms with van der Waals surface area (Å²) >= 11 is 2.28. The number of fused-ring (bicyclic) bond motifs is 1. The Hall–Kier alpha value is -2.05. The molecular weight excluding hydrogens is 487 g/mol. The van der Waals surface area contributed by atoms with Gasteiger partial charge in [-0.15, -0.1) is 0 Å². The van der Waals surface area contributed by atoms with E-state index in [0.29, 0.717) is 18.8 Å². The summed E-state index contributed by atoms with van der Waals surface area (Å²) in [6.45, 7) is 0.617. The fraction of sp³-hybridized carbons (Fsp3) is 0.474. The number of nitrogens with zero attached hydrogens (tertiary/aromatic N) is 4. The number of carbonyl (C=O) groups excluding carboxylic acids is 1. The van der Waals surface area contributed by atoms with Gasteiger partial charge < -0.3 is 25.7 Å². The molecule has 2 aliphatic heterocycles. The van der Waals surface area contributed by atoms with Crippen LogP contribution in [0.15, 0.2) is 39.2 Å². The monoisotopic (exact) mass is 510 g/mol. The van der Waals surface area contributed by atoms with Crippen LogP contribution in [0, 0.1) is 9.49 Å². The lowest BCUT2D eigenvalue weighted by atomic mass is 10.0. The molecule has 2 unspecified atom stereocenters. The van der Waals surface area contributed by atoms with Gasteiger partial charge in [-0.3, -0.25) is 9.79 Å². The number of carbonyl (C=O) groups is 1. The highest BCUT2D eigenvalue weighted by atomic mass is 127. The molecule has 6 atom stereocenters. The van der Waals surface area contributed by atoms with Gasteiger partial charge >= 0.3 is 0 Å². The van der Waals surface area contributed by atoms with Gasteiger partial charge in [0.15, 0.2) is 6.17 Å². The van der Waals surface area contributed by atoms with E-state index < -0.39 is 24.2 Å². The minimum absolute atomic E-state index is 0.278. The van der Waals surface area contributed by atoms with Crippen molar-refractivity contribution in [1.29, 1.82) is 0 Å². The number of aliphatic hydroxyl groups is 2. The van der Waals surface area contributed by atoms with E-state index in [1.54, 1.807) is 6.34 Å². The Kier molecular flexibility index (Phi) is 5.83. The molecule has 10 heteroatoms. The van der Waals surface area contributed by atoms with Gasteiger partial charge in [-0.1, -0.05) is 12.1 Å². The average Bonchev–Trinajstić information content (AvgIpc) is 3.28. The van der Waals surface area contributed by atoms with Crippen LogP contribution >= 0.6 is 22.6 Å². The van der Waals surface area contributed by atoms with Gasteiger partial charge in [0.25, 0.3) is 0 Å². The molecule has 4 rings (SSSR count). The number of rotatable bonds is 4. The van der Waals surface area contributed by atoms with Crippen LogP contribution < -0.4 is 10.6 Å². The van der Waals surface area contributed by atoms with Gasteiger partial charge in [-0.25, -0.2) is 9.98 Å². The molecule has 0 spiro atoms. The molecule has 1 aliphatic carbocycles. The van der Waals surface area contributed by atoms with Crippen molar-refractivity contribution >= 4 is 47.0 Å². The first-order valence-corrected chi connectivity index (χ1v) is 10.5. The third kappa shape index (κ3) is 3.88. The zero-order valence-corrected chi connectivity index (χ0v) is 18.0. The minimum atomic E-state index is -1.12. The molecule has 1 amide bonds. The molecule has 0 saturated heterocycles. The molecule has 1 aromatic rings. The second kappa shape index (κ2) is 8.36. The number of hydrogen-bond acceptors (Lipinski definition) is 8. The van der Waals surface area contributed by atoms with Crippen LogP contribution in [0.1, 0.15) is 12.0 Å². The molecule has 1 fully saturated rings. The maximum absolute atomic E-state index is 12.0. The van der Waals surface area contributed by atoms with Gasteiger partial charge in [0.1, 0.15) is 24.3 Å². The zero-order chi connectivity index (χ0) is 20.5. The van der Waals surface area contributed by atoms with Crippen molar-refractivity contribution in [2.45, 2.75) is 43.4 Å². The maximum atomic E-state index is 12.0. The summed E-state index contributed by atoms with van der Waals surface area (Å²) in [6, 6.07) is 7.43. The Balaban J connectivity index is 1.44. The summed E-state index contributed by atoms with van der Waals surface area (Å²) < 4.78 is 1.16. The summed E-state index contributed by atoms with van der Waals surface area (Å²) in [6.07, 6.45) is 0.934. The number of hydrogen-bond donors (Lipinski definition) is 4. The number of amides is 1. The molecule has 2 heterocycles. The first-order chi connectivity index (χ1) is 14.0. The van der Waals surface area contributed by atoms with Gasteiger partial charge in [0.2, 0.25) is 5.91 Å². The van der Waals surface area contributed by atoms with Crippen molar-refractivity contribution in [3.8, 4) is 0 Å². The number of aliphatic hydroxyl groups excluding tert-OH is 2. The number of benzene rings is 1. The lowest BCUT2D eigenvalue weighted by molar-refractivity contribution is -0.128. The Morgan fingerprint density at radius 1 is 1.31 bits per heavy atom. The first-order valence-electron chi connectivity index (χ1n) is 9.45. The summed E-state index contributed by atoms with van der Waals surface area (Å²) in [5.41, 5.74) is 1.14. The van der Waals surface area contributed by atoms with Gasteiger partial charge in [0, 0.05) is 17.2 Å². The van der Waals surface area contributed by atoms with Gasteiger partial charge in [0.05, 0.1) is 24.4 Å². The van der Waals surface area contributed by atoms with Crippen molar-refractivity contribution < 1.29 is 15.0 Å². The minimum Gasteiger partial charge on any atom is -0.390 e. The Morgan fingerprint density at radius 3 is 2.90 bits per heavy atom. The second-order valence-corrected chi connectivity index (χ2v) is 8.58. The Labute approximate surface area is 182 Å². The van der Waals surface area contributed by atoms with Crippen LogP contribution in [0.25, 0.3) is 0 Å². The molecule has 0 aromatic heterocycles. The van der Waals surface area contributed by atoms with Crippen molar-refractivity contribution in [3.05, 3.63) is 33.4 Å². The molecule has 4 N–H and O–H groups in total. The highest BCUT2D eigenvalue weighted by Crippen LogP contribution is 2.34. The predicted molar refractivity (Wildman–Crippen MR) is 118 cm³/mol. The smallest absolute Gasteiger partial charge is 0.225 e. The van der Waals surface area contributed by atoms with E-state index in [9.17, 15) is 15.0 Å². The van der Waals surface area contributed by atoms with E-state index >= 15 is 0 Å². The normalized spacial score (nSPS) is 32.8. The summed E-state index contributed by atoms with van der Waals surface area (Å²) in [5.74, 6) is -0.231. The zero-order valence-electron chi connectivity index (χ0n) is 15.8. The van der Waals surface area contributed by atoms with Gasteiger partial charge in [-0.2, -0.15) is 0 Å². The quantitative estimate of drug-likeness (QED) is 0.415. The van der Waals surface area contributed by atoms with E-state index in [0.717, 1.165) is 9.13 Å². The molecular formula is C19H23IN6O3.